The second kappa shape index (κ2) is 10.3. The van der Waals surface area contributed by atoms with Gasteiger partial charge in [-0.2, -0.15) is 0 Å². The molecule has 0 amide bonds. The number of piperidine rings is 1. The molecule has 18 heavy (non-hydrogen) atoms. The molecule has 1 nitrogen and oxygen atoms in total. The van der Waals surface area contributed by atoms with Crippen LogP contribution in [-0.4, -0.2) is 24.5 Å². The van der Waals surface area contributed by atoms with E-state index in [0.717, 1.165) is 6.54 Å². The fourth-order valence-electron chi connectivity index (χ4n) is 2.22. The first-order chi connectivity index (χ1) is 8.45. The Hall–Kier alpha value is 0.479. The quantitative estimate of drug-likeness (QED) is 0.704. The summed E-state index contributed by atoms with van der Waals surface area (Å²) < 4.78 is 0. The maximum Gasteiger partial charge on any atom is 2.00 e. The standard InChI is InChI=1S/C11H16N.C5H5.Fe/c1-4-8-12(9-5-1)10-11-6-2-3-7-11;1-2-4-5-3-1;/h2-3,6-7H,1,4-5,8-10H2;1-5H;/q;;+2. The van der Waals surface area contributed by atoms with Gasteiger partial charge >= 0.3 is 17.1 Å². The normalized spacial score (nSPS) is 25.3. The minimum absolute atomic E-state index is 0. The van der Waals surface area contributed by atoms with Crippen LogP contribution in [0.15, 0.2) is 0 Å². The van der Waals surface area contributed by atoms with E-state index in [-0.39, 0.29) is 17.1 Å². The third-order valence-electron chi connectivity index (χ3n) is 3.14. The molecule has 0 unspecified atom stereocenters. The van der Waals surface area contributed by atoms with Crippen LogP contribution >= 0.6 is 0 Å². The minimum Gasteiger partial charge on any atom is -0.303 e. The van der Waals surface area contributed by atoms with Gasteiger partial charge in [-0.1, -0.05) is 6.42 Å². The Bertz CT molecular complexity index is 172. The van der Waals surface area contributed by atoms with E-state index < -0.39 is 0 Å². The Labute approximate surface area is 125 Å². The van der Waals surface area contributed by atoms with Crippen molar-refractivity contribution in [3.8, 4) is 0 Å². The van der Waals surface area contributed by atoms with Crippen LogP contribution in [0.1, 0.15) is 19.3 Å². The van der Waals surface area contributed by atoms with E-state index in [0.29, 0.717) is 0 Å². The smallest absolute Gasteiger partial charge is 0.303 e. The molecule has 96 valence electrons. The maximum absolute atomic E-state index is 2.55. The van der Waals surface area contributed by atoms with Gasteiger partial charge < -0.3 is 4.90 Å². The van der Waals surface area contributed by atoms with E-state index in [9.17, 15) is 0 Å². The summed E-state index contributed by atoms with van der Waals surface area (Å²) in [5, 5.41) is 0. The Morgan fingerprint density at radius 1 is 0.722 bits per heavy atom. The second-order valence-electron chi connectivity index (χ2n) is 4.59. The van der Waals surface area contributed by atoms with Gasteiger partial charge in [0.05, 0.1) is 0 Å². The van der Waals surface area contributed by atoms with Gasteiger partial charge in [0.2, 0.25) is 0 Å². The number of likely N-dealkylation sites (tertiary alicyclic amines) is 1. The average Bonchev–Trinajstić information content (AvgIpc) is 3.06. The van der Waals surface area contributed by atoms with Crippen molar-refractivity contribution in [2.75, 3.05) is 19.6 Å². The van der Waals surface area contributed by atoms with Crippen molar-refractivity contribution < 1.29 is 17.1 Å². The fourth-order valence-corrected chi connectivity index (χ4v) is 2.22. The molecule has 1 heterocycles. The van der Waals surface area contributed by atoms with Gasteiger partial charge in [0.25, 0.3) is 0 Å². The largest absolute Gasteiger partial charge is 2.00 e. The van der Waals surface area contributed by atoms with Crippen molar-refractivity contribution in [1.29, 1.82) is 0 Å². The topological polar surface area (TPSA) is 3.24 Å². The molecule has 1 aliphatic heterocycles. The molecule has 2 saturated carbocycles. The molecule has 0 aromatic heterocycles. The van der Waals surface area contributed by atoms with Gasteiger partial charge in [-0.05, 0) is 89.6 Å². The molecule has 3 fully saturated rings. The fraction of sp³-hybridized carbons (Fsp3) is 0.375. The zero-order valence-electron chi connectivity index (χ0n) is 10.7. The van der Waals surface area contributed by atoms with Crippen molar-refractivity contribution >= 4 is 0 Å². The zero-order valence-corrected chi connectivity index (χ0v) is 11.8. The van der Waals surface area contributed by atoms with Crippen LogP contribution in [-0.2, 0) is 17.1 Å². The van der Waals surface area contributed by atoms with Crippen LogP contribution in [0.2, 0.25) is 0 Å². The van der Waals surface area contributed by atoms with Crippen molar-refractivity contribution in [1.82, 2.24) is 4.90 Å². The van der Waals surface area contributed by atoms with Gasteiger partial charge in [0, 0.05) is 6.54 Å². The summed E-state index contributed by atoms with van der Waals surface area (Å²) in [6.07, 6.45) is 22.9. The minimum atomic E-state index is 0. The van der Waals surface area contributed by atoms with Crippen molar-refractivity contribution in [2.45, 2.75) is 19.3 Å². The van der Waals surface area contributed by atoms with E-state index in [1.165, 1.54) is 38.3 Å². The third-order valence-corrected chi connectivity index (χ3v) is 3.14. The van der Waals surface area contributed by atoms with E-state index >= 15 is 0 Å². The summed E-state index contributed by atoms with van der Waals surface area (Å²) in [4.78, 5) is 2.55. The molecule has 0 aromatic carbocycles. The van der Waals surface area contributed by atoms with E-state index in [4.69, 9.17) is 0 Å². The third kappa shape index (κ3) is 6.59. The van der Waals surface area contributed by atoms with Gasteiger partial charge in [-0.15, -0.1) is 0 Å². The van der Waals surface area contributed by atoms with Gasteiger partial charge in [0.15, 0.2) is 0 Å². The molecule has 10 radical (unpaired) electrons. The van der Waals surface area contributed by atoms with E-state index in [1.54, 1.807) is 0 Å². The summed E-state index contributed by atoms with van der Waals surface area (Å²) in [6.45, 7) is 3.75. The predicted molar refractivity (Wildman–Crippen MR) is 72.2 cm³/mol. The monoisotopic (exact) mass is 283 g/mol. The SMILES string of the molecule is [CH]1[CH][CH][CH][CH]1.[CH]1[CH][CH][C](CN2CCCCC2)[CH]1.[Fe+2]. The van der Waals surface area contributed by atoms with Gasteiger partial charge in [-0.25, -0.2) is 0 Å². The predicted octanol–water partition coefficient (Wildman–Crippen LogP) is 2.90. The first-order valence-corrected chi connectivity index (χ1v) is 6.55. The Balaban J connectivity index is 0.000000230. The molecule has 3 rings (SSSR count). The molecule has 0 bridgehead atoms. The summed E-state index contributed by atoms with van der Waals surface area (Å²) in [7, 11) is 0. The van der Waals surface area contributed by atoms with Crippen molar-refractivity contribution in [3.05, 3.63) is 63.7 Å². The molecule has 2 heteroatoms. The molecule has 0 N–H and O–H groups in total. The van der Waals surface area contributed by atoms with Crippen LogP contribution in [0.4, 0.5) is 0 Å². The van der Waals surface area contributed by atoms with Gasteiger partial charge in [0.1, 0.15) is 0 Å². The molecule has 0 atom stereocenters. The maximum atomic E-state index is 2.55. The van der Waals surface area contributed by atoms with Crippen LogP contribution in [0, 0.1) is 63.7 Å². The molecular weight excluding hydrogens is 262 g/mol. The number of rotatable bonds is 2. The molecular formula is C16H21FeN+2. The summed E-state index contributed by atoms with van der Waals surface area (Å²) in [6, 6.07) is 0. The van der Waals surface area contributed by atoms with E-state index in [2.05, 4.69) is 30.6 Å². The molecule has 0 spiro atoms. The first-order valence-electron chi connectivity index (χ1n) is 6.55. The average molecular weight is 283 g/mol. The van der Waals surface area contributed by atoms with Crippen LogP contribution in [0.5, 0.6) is 0 Å². The molecule has 1 saturated heterocycles. The number of hydrogen-bond acceptors (Lipinski definition) is 1. The Kier molecular flexibility index (Phi) is 9.45. The van der Waals surface area contributed by atoms with Crippen molar-refractivity contribution in [3.63, 3.8) is 0 Å². The summed E-state index contributed by atoms with van der Waals surface area (Å²) >= 11 is 0. The molecule has 2 aliphatic carbocycles. The summed E-state index contributed by atoms with van der Waals surface area (Å²) in [5.74, 6) is 1.47. The Morgan fingerprint density at radius 2 is 1.22 bits per heavy atom. The number of nitrogens with zero attached hydrogens (tertiary/aromatic N) is 1. The van der Waals surface area contributed by atoms with Crippen LogP contribution in [0.3, 0.4) is 0 Å². The first kappa shape index (κ1) is 16.5. The van der Waals surface area contributed by atoms with Gasteiger partial charge in [-0.3, -0.25) is 0 Å². The second-order valence-corrected chi connectivity index (χ2v) is 4.59. The molecule has 0 aromatic rings. The van der Waals surface area contributed by atoms with Crippen LogP contribution in [0.25, 0.3) is 0 Å². The van der Waals surface area contributed by atoms with Crippen LogP contribution < -0.4 is 0 Å². The van der Waals surface area contributed by atoms with E-state index in [1.807, 2.05) is 32.1 Å². The van der Waals surface area contributed by atoms with Crippen molar-refractivity contribution in [2.24, 2.45) is 0 Å². The number of hydrogen-bond donors (Lipinski definition) is 0. The Morgan fingerprint density at radius 3 is 1.72 bits per heavy atom. The zero-order chi connectivity index (χ0) is 11.8. The summed E-state index contributed by atoms with van der Waals surface area (Å²) in [5.41, 5.74) is 0. The molecule has 3 aliphatic rings.